The van der Waals surface area contributed by atoms with Gasteiger partial charge in [-0.25, -0.2) is 0 Å². The Morgan fingerprint density at radius 2 is 1.79 bits per heavy atom. The highest BCUT2D eigenvalue weighted by molar-refractivity contribution is 5.93. The molecule has 2 rings (SSSR count). The molecule has 0 radical (unpaired) electrons. The highest BCUT2D eigenvalue weighted by Crippen LogP contribution is 2.40. The van der Waals surface area contributed by atoms with Crippen molar-refractivity contribution >= 4 is 5.78 Å². The van der Waals surface area contributed by atoms with Gasteiger partial charge < -0.3 is 0 Å². The molecule has 100 valence electrons. The molecule has 0 spiro atoms. The fraction of sp³-hybridized carbons (Fsp3) is 0.529. The zero-order valence-electron chi connectivity index (χ0n) is 11.8. The number of hydrogen-bond acceptors (Lipinski definition) is 2. The van der Waals surface area contributed by atoms with Crippen LogP contribution in [0.15, 0.2) is 24.3 Å². The van der Waals surface area contributed by atoms with Gasteiger partial charge in [0.15, 0.2) is 5.78 Å². The van der Waals surface area contributed by atoms with Crippen LogP contribution in [0.3, 0.4) is 0 Å². The summed E-state index contributed by atoms with van der Waals surface area (Å²) >= 11 is 0. The molecule has 0 heterocycles. The van der Waals surface area contributed by atoms with Crippen LogP contribution in [-0.4, -0.2) is 5.78 Å². The predicted molar refractivity (Wildman–Crippen MR) is 75.7 cm³/mol. The third-order valence-corrected chi connectivity index (χ3v) is 4.35. The quantitative estimate of drug-likeness (QED) is 0.814. The number of Topliss-reactive ketones (excluding diaryl/α,β-unsaturated/α-hetero) is 1. The van der Waals surface area contributed by atoms with E-state index in [0.29, 0.717) is 0 Å². The lowest BCUT2D eigenvalue weighted by Crippen LogP contribution is -2.34. The summed E-state index contributed by atoms with van der Waals surface area (Å²) < 4.78 is 0. The summed E-state index contributed by atoms with van der Waals surface area (Å²) in [5.74, 6) is -0.498. The summed E-state index contributed by atoms with van der Waals surface area (Å²) in [6.45, 7) is 4.04. The van der Waals surface area contributed by atoms with Crippen LogP contribution in [0.1, 0.15) is 56.1 Å². The SMILES string of the molecule is Cc1ccc(C(C#N)C(=O)C2(C)CCCCC2)cc1. The highest BCUT2D eigenvalue weighted by Gasteiger charge is 2.39. The van der Waals surface area contributed by atoms with E-state index in [2.05, 4.69) is 6.07 Å². The van der Waals surface area contributed by atoms with Crippen molar-refractivity contribution in [2.45, 2.75) is 51.9 Å². The summed E-state index contributed by atoms with van der Waals surface area (Å²) in [5, 5.41) is 9.39. The monoisotopic (exact) mass is 255 g/mol. The fourth-order valence-corrected chi connectivity index (χ4v) is 2.97. The molecule has 2 heteroatoms. The fourth-order valence-electron chi connectivity index (χ4n) is 2.97. The van der Waals surface area contributed by atoms with Crippen LogP contribution in [0.4, 0.5) is 0 Å². The van der Waals surface area contributed by atoms with Gasteiger partial charge in [0.2, 0.25) is 0 Å². The molecule has 0 amide bonds. The Bertz CT molecular complexity index is 489. The second-order valence-electron chi connectivity index (χ2n) is 5.96. The van der Waals surface area contributed by atoms with Gasteiger partial charge >= 0.3 is 0 Å². The molecule has 0 aliphatic heterocycles. The Morgan fingerprint density at radius 1 is 1.21 bits per heavy atom. The van der Waals surface area contributed by atoms with E-state index in [1.54, 1.807) is 0 Å². The largest absolute Gasteiger partial charge is 0.297 e. The third-order valence-electron chi connectivity index (χ3n) is 4.35. The minimum Gasteiger partial charge on any atom is -0.297 e. The van der Waals surface area contributed by atoms with Crippen LogP contribution in [0.2, 0.25) is 0 Å². The number of nitriles is 1. The van der Waals surface area contributed by atoms with Crippen LogP contribution >= 0.6 is 0 Å². The molecular formula is C17H21NO. The van der Waals surface area contributed by atoms with Gasteiger partial charge in [-0.3, -0.25) is 4.79 Å². The summed E-state index contributed by atoms with van der Waals surface area (Å²) in [5.41, 5.74) is 1.69. The van der Waals surface area contributed by atoms with Crippen molar-refractivity contribution in [3.05, 3.63) is 35.4 Å². The van der Waals surface area contributed by atoms with Gasteiger partial charge in [0, 0.05) is 5.41 Å². The number of ketones is 1. The summed E-state index contributed by atoms with van der Waals surface area (Å²) in [7, 11) is 0. The van der Waals surface area contributed by atoms with Crippen molar-refractivity contribution in [2.24, 2.45) is 5.41 Å². The van der Waals surface area contributed by atoms with Gasteiger partial charge in [-0.2, -0.15) is 5.26 Å². The van der Waals surface area contributed by atoms with Gasteiger partial charge in [0.05, 0.1) is 6.07 Å². The molecule has 0 saturated heterocycles. The molecule has 0 aromatic heterocycles. The Balaban J connectivity index is 2.24. The van der Waals surface area contributed by atoms with E-state index in [0.717, 1.165) is 36.8 Å². The average Bonchev–Trinajstić information content (AvgIpc) is 2.42. The zero-order valence-corrected chi connectivity index (χ0v) is 11.8. The van der Waals surface area contributed by atoms with Crippen LogP contribution in [0.5, 0.6) is 0 Å². The van der Waals surface area contributed by atoms with E-state index >= 15 is 0 Å². The maximum atomic E-state index is 12.7. The first-order chi connectivity index (χ1) is 9.07. The second kappa shape index (κ2) is 5.57. The number of carbonyl (C=O) groups is 1. The molecule has 1 unspecified atom stereocenters. The molecule has 19 heavy (non-hydrogen) atoms. The maximum absolute atomic E-state index is 12.7. The van der Waals surface area contributed by atoms with Crippen molar-refractivity contribution in [1.29, 1.82) is 5.26 Å². The van der Waals surface area contributed by atoms with Crippen molar-refractivity contribution < 1.29 is 4.79 Å². The maximum Gasteiger partial charge on any atom is 0.160 e. The van der Waals surface area contributed by atoms with Gasteiger partial charge in [-0.15, -0.1) is 0 Å². The molecule has 1 atom stereocenters. The Hall–Kier alpha value is -1.62. The molecule has 0 N–H and O–H groups in total. The van der Waals surface area contributed by atoms with Gasteiger partial charge in [0.1, 0.15) is 5.92 Å². The van der Waals surface area contributed by atoms with E-state index in [4.69, 9.17) is 0 Å². The van der Waals surface area contributed by atoms with E-state index in [1.165, 1.54) is 6.42 Å². The third kappa shape index (κ3) is 2.87. The lowest BCUT2D eigenvalue weighted by atomic mass is 9.68. The van der Waals surface area contributed by atoms with Gasteiger partial charge in [0.25, 0.3) is 0 Å². The standard InChI is InChI=1S/C17H21NO/c1-13-6-8-14(9-7-13)15(12-18)16(19)17(2)10-4-3-5-11-17/h6-9,15H,3-5,10-11H2,1-2H3. The zero-order chi connectivity index (χ0) is 13.9. The summed E-state index contributed by atoms with van der Waals surface area (Å²) in [6, 6.07) is 9.97. The van der Waals surface area contributed by atoms with Gasteiger partial charge in [-0.1, -0.05) is 56.0 Å². The molecule has 0 bridgehead atoms. The van der Waals surface area contributed by atoms with Crippen LogP contribution in [0.25, 0.3) is 0 Å². The van der Waals surface area contributed by atoms with Crippen molar-refractivity contribution in [3.63, 3.8) is 0 Å². The molecule has 1 fully saturated rings. The number of carbonyl (C=O) groups excluding carboxylic acids is 1. The van der Waals surface area contributed by atoms with E-state index in [9.17, 15) is 10.1 Å². The number of rotatable bonds is 3. The first-order valence-corrected chi connectivity index (χ1v) is 7.07. The van der Waals surface area contributed by atoms with Crippen LogP contribution < -0.4 is 0 Å². The van der Waals surface area contributed by atoms with E-state index in [-0.39, 0.29) is 11.2 Å². The average molecular weight is 255 g/mol. The van der Waals surface area contributed by atoms with E-state index < -0.39 is 5.92 Å². The topological polar surface area (TPSA) is 40.9 Å². The minimum atomic E-state index is -0.608. The molecule has 1 aromatic rings. The molecule has 1 aliphatic carbocycles. The summed E-state index contributed by atoms with van der Waals surface area (Å²) in [6.07, 6.45) is 5.28. The molecule has 1 aromatic carbocycles. The first kappa shape index (κ1) is 13.8. The minimum absolute atomic E-state index is 0.110. The number of aryl methyl sites for hydroxylation is 1. The molecule has 2 nitrogen and oxygen atoms in total. The Morgan fingerprint density at radius 3 is 2.32 bits per heavy atom. The Labute approximate surface area is 115 Å². The van der Waals surface area contributed by atoms with Crippen molar-refractivity contribution in [3.8, 4) is 6.07 Å². The lowest BCUT2D eigenvalue weighted by Gasteiger charge is -2.33. The smallest absolute Gasteiger partial charge is 0.160 e. The lowest BCUT2D eigenvalue weighted by molar-refractivity contribution is -0.129. The Kier molecular flexibility index (Phi) is 4.04. The highest BCUT2D eigenvalue weighted by atomic mass is 16.1. The molecule has 1 aliphatic rings. The molecular weight excluding hydrogens is 234 g/mol. The normalized spacial score (nSPS) is 19.4. The van der Waals surface area contributed by atoms with Gasteiger partial charge in [-0.05, 0) is 25.3 Å². The van der Waals surface area contributed by atoms with Crippen molar-refractivity contribution in [1.82, 2.24) is 0 Å². The van der Waals surface area contributed by atoms with Crippen LogP contribution in [-0.2, 0) is 4.79 Å². The number of benzene rings is 1. The number of hydrogen-bond donors (Lipinski definition) is 0. The summed E-state index contributed by atoms with van der Waals surface area (Å²) in [4.78, 5) is 12.7. The second-order valence-corrected chi connectivity index (χ2v) is 5.96. The predicted octanol–water partition coefficient (Wildman–Crippen LogP) is 4.14. The number of nitrogens with zero attached hydrogens (tertiary/aromatic N) is 1. The van der Waals surface area contributed by atoms with E-state index in [1.807, 2.05) is 38.1 Å². The van der Waals surface area contributed by atoms with Crippen molar-refractivity contribution in [2.75, 3.05) is 0 Å². The first-order valence-electron chi connectivity index (χ1n) is 7.07. The van der Waals surface area contributed by atoms with Crippen LogP contribution in [0, 0.1) is 23.7 Å². The molecule has 1 saturated carbocycles.